The molecule has 0 amide bonds. The SMILES string of the molecule is Cc1ccn(-c2nc(C(c3ccccc3)(c3ccccc3)c3ccc(-c4ccccc4)c(-n4ccc(C(F)(F)F)n4)n3)ccc2-c2ccccc2)n1. The Morgan fingerprint density at radius 3 is 1.27 bits per heavy atom. The fraction of sp³-hybridized carbons (Fsp3) is 0.0698. The Morgan fingerprint density at radius 1 is 0.442 bits per heavy atom. The first kappa shape index (κ1) is 32.6. The summed E-state index contributed by atoms with van der Waals surface area (Å²) >= 11 is 0. The summed E-state index contributed by atoms with van der Waals surface area (Å²) in [6.45, 7) is 1.93. The van der Waals surface area contributed by atoms with Gasteiger partial charge in [-0.3, -0.25) is 0 Å². The minimum atomic E-state index is -4.63. The first-order chi connectivity index (χ1) is 25.3. The van der Waals surface area contributed by atoms with E-state index in [0.29, 0.717) is 22.8 Å². The van der Waals surface area contributed by atoms with Crippen molar-refractivity contribution in [2.75, 3.05) is 0 Å². The average Bonchev–Trinajstić information content (AvgIpc) is 3.87. The van der Waals surface area contributed by atoms with E-state index >= 15 is 0 Å². The molecule has 0 radical (unpaired) electrons. The van der Waals surface area contributed by atoms with Gasteiger partial charge < -0.3 is 0 Å². The molecule has 254 valence electrons. The summed E-state index contributed by atoms with van der Waals surface area (Å²) in [4.78, 5) is 10.7. The quantitative estimate of drug-likeness (QED) is 0.160. The van der Waals surface area contributed by atoms with E-state index in [9.17, 15) is 13.2 Å². The number of aryl methyl sites for hydroxylation is 1. The minimum absolute atomic E-state index is 0.249. The van der Waals surface area contributed by atoms with Crippen LogP contribution >= 0.6 is 0 Å². The van der Waals surface area contributed by atoms with Gasteiger partial charge in [-0.2, -0.15) is 23.4 Å². The van der Waals surface area contributed by atoms with Gasteiger partial charge in [-0.05, 0) is 65.6 Å². The molecule has 9 heteroatoms. The van der Waals surface area contributed by atoms with Crippen LogP contribution in [0.1, 0.15) is 33.9 Å². The van der Waals surface area contributed by atoms with Gasteiger partial charge in [-0.1, -0.05) is 121 Å². The number of nitrogens with zero attached hydrogens (tertiary/aromatic N) is 6. The third-order valence-corrected chi connectivity index (χ3v) is 9.14. The normalized spacial score (nSPS) is 11.8. The first-order valence-electron chi connectivity index (χ1n) is 16.7. The molecule has 4 aromatic carbocycles. The Labute approximate surface area is 298 Å². The maximum Gasteiger partial charge on any atom is 0.435 e. The van der Waals surface area contributed by atoms with Crippen molar-refractivity contribution >= 4 is 0 Å². The van der Waals surface area contributed by atoms with Gasteiger partial charge in [0.2, 0.25) is 0 Å². The topological polar surface area (TPSA) is 61.4 Å². The standard InChI is InChI=1S/C43H31F3N6/c1-30-26-28-51(49-30)40-35(31-14-6-2-7-15-31)22-24-37(47-40)42(33-18-10-4-11-19-33,34-20-12-5-13-21-34)38-25-23-36(32-16-8-3-9-17-32)41(48-38)52-29-27-39(50-52)43(44,45)46/h2-29H,1H3. The second-order valence-electron chi connectivity index (χ2n) is 12.4. The molecule has 8 aromatic rings. The molecule has 8 rings (SSSR count). The van der Waals surface area contributed by atoms with Crippen molar-refractivity contribution in [3.63, 3.8) is 0 Å². The second-order valence-corrected chi connectivity index (χ2v) is 12.4. The molecule has 0 N–H and O–H groups in total. The molecule has 0 aliphatic carbocycles. The molecule has 6 nitrogen and oxygen atoms in total. The van der Waals surface area contributed by atoms with Crippen molar-refractivity contribution < 1.29 is 13.2 Å². The van der Waals surface area contributed by atoms with E-state index in [1.54, 1.807) is 4.68 Å². The Balaban J connectivity index is 1.46. The summed E-state index contributed by atoms with van der Waals surface area (Å²) in [5.41, 5.74) is 4.88. The molecular weight excluding hydrogens is 658 g/mol. The third kappa shape index (κ3) is 5.86. The zero-order chi connectivity index (χ0) is 35.7. The van der Waals surface area contributed by atoms with E-state index in [4.69, 9.17) is 15.1 Å². The van der Waals surface area contributed by atoms with Crippen molar-refractivity contribution in [2.45, 2.75) is 18.5 Å². The smallest absolute Gasteiger partial charge is 0.231 e. The molecule has 0 atom stereocenters. The van der Waals surface area contributed by atoms with Crippen molar-refractivity contribution in [3.8, 4) is 33.9 Å². The lowest BCUT2D eigenvalue weighted by molar-refractivity contribution is -0.141. The number of halogens is 3. The van der Waals surface area contributed by atoms with Gasteiger partial charge in [-0.25, -0.2) is 19.3 Å². The lowest BCUT2D eigenvalue weighted by atomic mass is 9.69. The Kier molecular flexibility index (Phi) is 8.31. The largest absolute Gasteiger partial charge is 0.435 e. The van der Waals surface area contributed by atoms with Crippen LogP contribution < -0.4 is 0 Å². The third-order valence-electron chi connectivity index (χ3n) is 9.14. The second kappa shape index (κ2) is 13.3. The van der Waals surface area contributed by atoms with E-state index in [2.05, 4.69) is 5.10 Å². The van der Waals surface area contributed by atoms with Gasteiger partial charge in [0.05, 0.1) is 17.1 Å². The van der Waals surface area contributed by atoms with E-state index < -0.39 is 17.3 Å². The highest BCUT2D eigenvalue weighted by atomic mass is 19.4. The number of aromatic nitrogens is 6. The van der Waals surface area contributed by atoms with Crippen LogP contribution in [-0.4, -0.2) is 29.5 Å². The molecule has 0 fully saturated rings. The summed E-state index contributed by atoms with van der Waals surface area (Å²) in [5, 5.41) is 8.75. The first-order valence-corrected chi connectivity index (χ1v) is 16.7. The number of alkyl halides is 3. The van der Waals surface area contributed by atoms with E-state index in [0.717, 1.165) is 39.6 Å². The molecule has 0 saturated carbocycles. The molecular formula is C43H31F3N6. The van der Waals surface area contributed by atoms with Gasteiger partial charge in [0.15, 0.2) is 17.3 Å². The Bertz CT molecular complexity index is 2420. The zero-order valence-electron chi connectivity index (χ0n) is 28.0. The molecule has 0 aliphatic heterocycles. The lowest BCUT2D eigenvalue weighted by Gasteiger charge is -2.35. The van der Waals surface area contributed by atoms with Gasteiger partial charge in [-0.15, -0.1) is 0 Å². The number of rotatable bonds is 8. The predicted molar refractivity (Wildman–Crippen MR) is 195 cm³/mol. The number of hydrogen-bond acceptors (Lipinski definition) is 4. The van der Waals surface area contributed by atoms with Crippen molar-refractivity contribution in [2.24, 2.45) is 0 Å². The van der Waals surface area contributed by atoms with Gasteiger partial charge >= 0.3 is 6.18 Å². The van der Waals surface area contributed by atoms with Crippen molar-refractivity contribution in [1.29, 1.82) is 0 Å². The number of hydrogen-bond donors (Lipinski definition) is 0. The number of pyridine rings is 2. The van der Waals surface area contributed by atoms with Crippen molar-refractivity contribution in [1.82, 2.24) is 29.5 Å². The van der Waals surface area contributed by atoms with Gasteiger partial charge in [0.1, 0.15) is 5.41 Å². The van der Waals surface area contributed by atoms with Crippen LogP contribution in [0.5, 0.6) is 0 Å². The van der Waals surface area contributed by atoms with Crippen LogP contribution in [0.4, 0.5) is 13.2 Å². The Hall–Kier alpha value is -6.61. The molecule has 52 heavy (non-hydrogen) atoms. The molecule has 0 aliphatic rings. The van der Waals surface area contributed by atoms with Crippen LogP contribution in [0.3, 0.4) is 0 Å². The van der Waals surface area contributed by atoms with Crippen LogP contribution in [0, 0.1) is 6.92 Å². The maximum absolute atomic E-state index is 13.9. The maximum atomic E-state index is 13.9. The minimum Gasteiger partial charge on any atom is -0.231 e. The van der Waals surface area contributed by atoms with Gasteiger partial charge in [0, 0.05) is 23.5 Å². The summed E-state index contributed by atoms with van der Waals surface area (Å²) in [6.07, 6.45) is -1.43. The summed E-state index contributed by atoms with van der Waals surface area (Å²) < 4.78 is 44.7. The number of benzene rings is 4. The molecule has 0 unspecified atom stereocenters. The molecule has 0 spiro atoms. The molecule has 0 saturated heterocycles. The predicted octanol–water partition coefficient (Wildman–Crippen LogP) is 9.89. The highest BCUT2D eigenvalue weighted by molar-refractivity contribution is 5.74. The van der Waals surface area contributed by atoms with Gasteiger partial charge in [0.25, 0.3) is 0 Å². The molecule has 4 aromatic heterocycles. The summed E-state index contributed by atoms with van der Waals surface area (Å²) in [7, 11) is 0. The van der Waals surface area contributed by atoms with Crippen molar-refractivity contribution in [3.05, 3.63) is 204 Å². The van der Waals surface area contributed by atoms with E-state index in [1.165, 1.54) is 10.9 Å². The molecule has 4 heterocycles. The summed E-state index contributed by atoms with van der Waals surface area (Å²) in [5.74, 6) is 0.871. The van der Waals surface area contributed by atoms with E-state index in [-0.39, 0.29) is 5.82 Å². The van der Waals surface area contributed by atoms with Crippen LogP contribution in [0.25, 0.3) is 33.9 Å². The highest BCUT2D eigenvalue weighted by Gasteiger charge is 2.42. The fourth-order valence-electron chi connectivity index (χ4n) is 6.74. The van der Waals surface area contributed by atoms with E-state index in [1.807, 2.05) is 165 Å². The van der Waals surface area contributed by atoms with Crippen LogP contribution in [0.15, 0.2) is 170 Å². The molecule has 0 bridgehead atoms. The highest BCUT2D eigenvalue weighted by Crippen LogP contribution is 2.45. The monoisotopic (exact) mass is 688 g/mol. The fourth-order valence-corrected chi connectivity index (χ4v) is 6.74. The van der Waals surface area contributed by atoms with Crippen LogP contribution in [0.2, 0.25) is 0 Å². The average molecular weight is 689 g/mol. The van der Waals surface area contributed by atoms with Crippen LogP contribution in [-0.2, 0) is 11.6 Å². The Morgan fingerprint density at radius 2 is 0.865 bits per heavy atom. The summed E-state index contributed by atoms with van der Waals surface area (Å²) in [6, 6.07) is 50.1. The zero-order valence-corrected chi connectivity index (χ0v) is 28.0. The lowest BCUT2D eigenvalue weighted by Crippen LogP contribution is -2.34.